The van der Waals surface area contributed by atoms with Crippen LogP contribution in [0.5, 0.6) is 0 Å². The number of likely N-dealkylation sites (tertiary alicyclic amines) is 1. The van der Waals surface area contributed by atoms with E-state index in [-0.39, 0.29) is 0 Å². The van der Waals surface area contributed by atoms with Crippen LogP contribution in [0, 0.1) is 12.8 Å². The van der Waals surface area contributed by atoms with Crippen LogP contribution in [0.3, 0.4) is 0 Å². The molecule has 4 nitrogen and oxygen atoms in total. The highest BCUT2D eigenvalue weighted by Gasteiger charge is 2.17. The molecule has 0 radical (unpaired) electrons. The van der Waals surface area contributed by atoms with E-state index in [9.17, 15) is 0 Å². The van der Waals surface area contributed by atoms with Crippen molar-refractivity contribution in [2.75, 3.05) is 31.5 Å². The molecule has 0 spiro atoms. The first-order chi connectivity index (χ1) is 9.21. The second-order valence-electron chi connectivity index (χ2n) is 5.40. The van der Waals surface area contributed by atoms with Crippen molar-refractivity contribution in [2.45, 2.75) is 40.0 Å². The molecular formula is C15H26N4. The topological polar surface area (TPSA) is 41.0 Å². The molecule has 1 saturated heterocycles. The van der Waals surface area contributed by atoms with Gasteiger partial charge in [-0.3, -0.25) is 0 Å². The van der Waals surface area contributed by atoms with Crippen LogP contribution < -0.4 is 5.32 Å². The summed E-state index contributed by atoms with van der Waals surface area (Å²) in [7, 11) is 0. The Kier molecular flexibility index (Phi) is 5.14. The van der Waals surface area contributed by atoms with Crippen molar-refractivity contribution in [1.82, 2.24) is 14.9 Å². The second kappa shape index (κ2) is 6.85. The van der Waals surface area contributed by atoms with Gasteiger partial charge < -0.3 is 10.2 Å². The fourth-order valence-corrected chi connectivity index (χ4v) is 2.66. The molecule has 0 bridgehead atoms. The zero-order chi connectivity index (χ0) is 13.7. The summed E-state index contributed by atoms with van der Waals surface area (Å²) in [4.78, 5) is 11.4. The maximum absolute atomic E-state index is 4.46. The SMILES string of the molecule is CCc1cc(NCC2CCN(CC)CC2)nc(C)n1. The fourth-order valence-electron chi connectivity index (χ4n) is 2.66. The quantitative estimate of drug-likeness (QED) is 0.885. The van der Waals surface area contributed by atoms with Crippen molar-refractivity contribution < 1.29 is 0 Å². The van der Waals surface area contributed by atoms with Crippen molar-refractivity contribution in [2.24, 2.45) is 5.92 Å². The van der Waals surface area contributed by atoms with E-state index in [1.165, 1.54) is 32.5 Å². The molecule has 1 aliphatic rings. The molecule has 1 fully saturated rings. The number of aromatic nitrogens is 2. The summed E-state index contributed by atoms with van der Waals surface area (Å²) in [6, 6.07) is 2.08. The molecule has 2 heterocycles. The number of hydrogen-bond donors (Lipinski definition) is 1. The van der Waals surface area contributed by atoms with Gasteiger partial charge in [-0.15, -0.1) is 0 Å². The number of nitrogens with one attached hydrogen (secondary N) is 1. The minimum Gasteiger partial charge on any atom is -0.370 e. The Morgan fingerprint density at radius 3 is 2.63 bits per heavy atom. The van der Waals surface area contributed by atoms with Crippen molar-refractivity contribution in [3.8, 4) is 0 Å². The van der Waals surface area contributed by atoms with E-state index in [0.717, 1.165) is 36.2 Å². The smallest absolute Gasteiger partial charge is 0.129 e. The molecule has 1 N–H and O–H groups in total. The lowest BCUT2D eigenvalue weighted by molar-refractivity contribution is 0.198. The molecule has 2 rings (SSSR count). The molecule has 1 aromatic rings. The first-order valence-corrected chi connectivity index (χ1v) is 7.52. The van der Waals surface area contributed by atoms with Crippen molar-refractivity contribution in [3.05, 3.63) is 17.6 Å². The van der Waals surface area contributed by atoms with Gasteiger partial charge in [-0.2, -0.15) is 0 Å². The minimum absolute atomic E-state index is 0.781. The van der Waals surface area contributed by atoms with Gasteiger partial charge in [0.25, 0.3) is 0 Å². The molecule has 0 atom stereocenters. The lowest BCUT2D eigenvalue weighted by atomic mass is 9.97. The molecule has 106 valence electrons. The largest absolute Gasteiger partial charge is 0.370 e. The number of rotatable bonds is 5. The fraction of sp³-hybridized carbons (Fsp3) is 0.733. The molecule has 0 unspecified atom stereocenters. The summed E-state index contributed by atoms with van der Waals surface area (Å²) >= 11 is 0. The predicted octanol–water partition coefficient (Wildman–Crippen LogP) is 2.49. The van der Waals surface area contributed by atoms with Crippen LogP contribution in [0.2, 0.25) is 0 Å². The average Bonchev–Trinajstić information content (AvgIpc) is 2.45. The van der Waals surface area contributed by atoms with Crippen LogP contribution in [0.1, 0.15) is 38.2 Å². The Morgan fingerprint density at radius 1 is 1.26 bits per heavy atom. The maximum atomic E-state index is 4.46. The Bertz CT molecular complexity index is 397. The lowest BCUT2D eigenvalue weighted by Crippen LogP contribution is -2.35. The third kappa shape index (κ3) is 4.16. The van der Waals surface area contributed by atoms with E-state index in [2.05, 4.69) is 40.1 Å². The molecule has 0 aromatic carbocycles. The molecule has 0 aliphatic carbocycles. The summed E-state index contributed by atoms with van der Waals surface area (Å²) < 4.78 is 0. The van der Waals surface area contributed by atoms with Crippen LogP contribution in [0.15, 0.2) is 6.07 Å². The first-order valence-electron chi connectivity index (χ1n) is 7.52. The maximum Gasteiger partial charge on any atom is 0.129 e. The van der Waals surface area contributed by atoms with Gasteiger partial charge in [-0.05, 0) is 51.7 Å². The van der Waals surface area contributed by atoms with Gasteiger partial charge in [0.15, 0.2) is 0 Å². The Morgan fingerprint density at radius 2 is 2.00 bits per heavy atom. The van der Waals surface area contributed by atoms with Gasteiger partial charge in [0.2, 0.25) is 0 Å². The number of anilines is 1. The van der Waals surface area contributed by atoms with Crippen LogP contribution in [0.25, 0.3) is 0 Å². The Labute approximate surface area is 116 Å². The lowest BCUT2D eigenvalue weighted by Gasteiger charge is -2.31. The zero-order valence-electron chi connectivity index (χ0n) is 12.4. The predicted molar refractivity (Wildman–Crippen MR) is 79.5 cm³/mol. The van der Waals surface area contributed by atoms with Crippen molar-refractivity contribution in [3.63, 3.8) is 0 Å². The molecule has 19 heavy (non-hydrogen) atoms. The highest BCUT2D eigenvalue weighted by Crippen LogP contribution is 2.17. The van der Waals surface area contributed by atoms with E-state index in [1.807, 2.05) is 6.92 Å². The monoisotopic (exact) mass is 262 g/mol. The van der Waals surface area contributed by atoms with Gasteiger partial charge in [0.05, 0.1) is 0 Å². The van der Waals surface area contributed by atoms with E-state index < -0.39 is 0 Å². The summed E-state index contributed by atoms with van der Waals surface area (Å²) in [5.74, 6) is 2.63. The summed E-state index contributed by atoms with van der Waals surface area (Å²) in [6.07, 6.45) is 3.56. The number of aryl methyl sites for hydroxylation is 2. The summed E-state index contributed by atoms with van der Waals surface area (Å²) in [6.45, 7) is 11.0. The third-order valence-electron chi connectivity index (χ3n) is 3.98. The Balaban J connectivity index is 1.84. The van der Waals surface area contributed by atoms with E-state index >= 15 is 0 Å². The first kappa shape index (κ1) is 14.3. The van der Waals surface area contributed by atoms with E-state index in [4.69, 9.17) is 0 Å². The third-order valence-corrected chi connectivity index (χ3v) is 3.98. The van der Waals surface area contributed by atoms with Crippen molar-refractivity contribution >= 4 is 5.82 Å². The highest BCUT2D eigenvalue weighted by atomic mass is 15.1. The van der Waals surface area contributed by atoms with E-state index in [0.29, 0.717) is 0 Å². The molecule has 1 aromatic heterocycles. The number of nitrogens with zero attached hydrogens (tertiary/aromatic N) is 3. The minimum atomic E-state index is 0.781. The average molecular weight is 262 g/mol. The van der Waals surface area contributed by atoms with Gasteiger partial charge in [-0.25, -0.2) is 9.97 Å². The van der Waals surface area contributed by atoms with Gasteiger partial charge in [-0.1, -0.05) is 13.8 Å². The Hall–Kier alpha value is -1.16. The standard InChI is InChI=1S/C15H26N4/c1-4-14-10-15(18-12(3)17-14)16-11-13-6-8-19(5-2)9-7-13/h10,13H,4-9,11H2,1-3H3,(H,16,17,18). The van der Waals surface area contributed by atoms with Gasteiger partial charge in [0, 0.05) is 18.3 Å². The highest BCUT2D eigenvalue weighted by molar-refractivity contribution is 5.36. The van der Waals surface area contributed by atoms with E-state index in [1.54, 1.807) is 0 Å². The van der Waals surface area contributed by atoms with Crippen LogP contribution in [-0.4, -0.2) is 41.0 Å². The molecule has 4 heteroatoms. The second-order valence-corrected chi connectivity index (χ2v) is 5.40. The van der Waals surface area contributed by atoms with Crippen LogP contribution >= 0.6 is 0 Å². The molecular weight excluding hydrogens is 236 g/mol. The summed E-state index contributed by atoms with van der Waals surface area (Å²) in [5, 5.41) is 3.49. The van der Waals surface area contributed by atoms with Crippen LogP contribution in [0.4, 0.5) is 5.82 Å². The summed E-state index contributed by atoms with van der Waals surface area (Å²) in [5.41, 5.74) is 1.12. The number of piperidine rings is 1. The van der Waals surface area contributed by atoms with Gasteiger partial charge >= 0.3 is 0 Å². The van der Waals surface area contributed by atoms with Gasteiger partial charge in [0.1, 0.15) is 11.6 Å². The zero-order valence-corrected chi connectivity index (χ0v) is 12.4. The molecule has 0 amide bonds. The molecule has 1 aliphatic heterocycles. The number of hydrogen-bond acceptors (Lipinski definition) is 4. The van der Waals surface area contributed by atoms with Crippen LogP contribution in [-0.2, 0) is 6.42 Å². The molecule has 0 saturated carbocycles. The normalized spacial score (nSPS) is 17.6. The van der Waals surface area contributed by atoms with Crippen molar-refractivity contribution in [1.29, 1.82) is 0 Å².